The summed E-state index contributed by atoms with van der Waals surface area (Å²) < 4.78 is 5.75. The molecule has 2 unspecified atom stereocenters. The molecule has 0 bridgehead atoms. The number of ether oxygens (including phenoxy) is 1. The Morgan fingerprint density at radius 3 is 2.45 bits per heavy atom. The minimum atomic E-state index is -0.657. The monoisotopic (exact) mass is 572 g/mol. The van der Waals surface area contributed by atoms with Crippen LogP contribution >= 0.6 is 11.8 Å². The normalized spacial score (nSPS) is 18.3. The van der Waals surface area contributed by atoms with Gasteiger partial charge in [-0.3, -0.25) is 4.79 Å². The van der Waals surface area contributed by atoms with Gasteiger partial charge < -0.3 is 29.6 Å². The van der Waals surface area contributed by atoms with E-state index in [1.165, 1.54) is 0 Å². The quantitative estimate of drug-likeness (QED) is 0.378. The fraction of sp³-hybridized carbons (Fsp3) is 0.581. The molecule has 40 heavy (non-hydrogen) atoms. The molecule has 0 aromatic heterocycles. The van der Waals surface area contributed by atoms with Crippen molar-refractivity contribution in [2.75, 3.05) is 39.0 Å². The number of aliphatic hydroxyl groups is 1. The van der Waals surface area contributed by atoms with E-state index in [0.29, 0.717) is 42.7 Å². The summed E-state index contributed by atoms with van der Waals surface area (Å²) in [6.07, 6.45) is 0.126. The maximum absolute atomic E-state index is 12.9. The SMILES string of the molecule is CN(CCCN1C(=O)CSC1c1cc(C(C)(C)C)c(O)c(C(C)(C)C)c1)CC(O)COc1ccc2c(c1)OOC2. The summed E-state index contributed by atoms with van der Waals surface area (Å²) in [6, 6.07) is 9.67. The number of hydrogen-bond acceptors (Lipinski definition) is 8. The highest BCUT2D eigenvalue weighted by molar-refractivity contribution is 8.00. The average Bonchev–Trinajstić information content (AvgIpc) is 3.47. The zero-order valence-electron chi connectivity index (χ0n) is 24.8. The third-order valence-electron chi connectivity index (χ3n) is 7.31. The van der Waals surface area contributed by atoms with E-state index in [0.717, 1.165) is 35.2 Å². The molecule has 4 rings (SSSR count). The molecule has 0 spiro atoms. The largest absolute Gasteiger partial charge is 0.507 e. The third kappa shape index (κ3) is 7.24. The van der Waals surface area contributed by atoms with Crippen molar-refractivity contribution in [2.24, 2.45) is 0 Å². The summed E-state index contributed by atoms with van der Waals surface area (Å²) >= 11 is 1.65. The van der Waals surface area contributed by atoms with E-state index in [-0.39, 0.29) is 28.7 Å². The lowest BCUT2D eigenvalue weighted by Crippen LogP contribution is -2.36. The number of likely N-dealkylation sites (N-methyl/N-ethyl adjacent to an activating group) is 1. The van der Waals surface area contributed by atoms with Gasteiger partial charge in [-0.1, -0.05) is 41.5 Å². The van der Waals surface area contributed by atoms with Crippen LogP contribution in [0.4, 0.5) is 0 Å². The van der Waals surface area contributed by atoms with Gasteiger partial charge in [0, 0.05) is 24.7 Å². The van der Waals surface area contributed by atoms with E-state index < -0.39 is 6.10 Å². The molecule has 2 aliphatic rings. The Balaban J connectivity index is 1.33. The number of rotatable bonds is 10. The molecule has 1 fully saturated rings. The maximum atomic E-state index is 12.9. The number of aromatic hydroxyl groups is 1. The third-order valence-corrected chi connectivity index (χ3v) is 8.56. The molecule has 9 heteroatoms. The summed E-state index contributed by atoms with van der Waals surface area (Å²) in [4.78, 5) is 27.0. The van der Waals surface area contributed by atoms with Gasteiger partial charge in [0.2, 0.25) is 5.91 Å². The van der Waals surface area contributed by atoms with E-state index in [9.17, 15) is 15.0 Å². The number of amides is 1. The number of hydrogen-bond donors (Lipinski definition) is 2. The molecule has 2 N–H and O–H groups in total. The molecular formula is C31H44N2O6S. The van der Waals surface area contributed by atoms with Crippen molar-refractivity contribution < 1.29 is 29.5 Å². The zero-order valence-corrected chi connectivity index (χ0v) is 25.6. The van der Waals surface area contributed by atoms with Crippen molar-refractivity contribution in [1.82, 2.24) is 9.80 Å². The van der Waals surface area contributed by atoms with Gasteiger partial charge >= 0.3 is 0 Å². The summed E-state index contributed by atoms with van der Waals surface area (Å²) in [5.74, 6) is 2.21. The highest BCUT2D eigenvalue weighted by Crippen LogP contribution is 2.45. The van der Waals surface area contributed by atoms with Gasteiger partial charge in [0.05, 0.1) is 5.75 Å². The number of carbonyl (C=O) groups is 1. The molecule has 2 atom stereocenters. The summed E-state index contributed by atoms with van der Waals surface area (Å²) in [5, 5.41) is 21.6. The fourth-order valence-electron chi connectivity index (χ4n) is 5.10. The van der Waals surface area contributed by atoms with Crippen LogP contribution in [0.25, 0.3) is 0 Å². The molecule has 2 heterocycles. The fourth-order valence-corrected chi connectivity index (χ4v) is 6.30. The Labute approximate surface area is 242 Å². The van der Waals surface area contributed by atoms with E-state index in [1.807, 2.05) is 24.1 Å². The van der Waals surface area contributed by atoms with Gasteiger partial charge in [-0.25, -0.2) is 0 Å². The first-order valence-corrected chi connectivity index (χ1v) is 15.0. The number of phenolic OH excluding ortho intramolecular Hbond substituents is 1. The van der Waals surface area contributed by atoms with Crippen LogP contribution in [-0.2, 0) is 27.1 Å². The summed E-state index contributed by atoms with van der Waals surface area (Å²) in [5.41, 5.74) is 3.40. The van der Waals surface area contributed by atoms with E-state index in [4.69, 9.17) is 14.5 Å². The predicted molar refractivity (Wildman–Crippen MR) is 158 cm³/mol. The van der Waals surface area contributed by atoms with Crippen LogP contribution in [0.5, 0.6) is 17.2 Å². The van der Waals surface area contributed by atoms with Crippen molar-refractivity contribution >= 4 is 17.7 Å². The molecule has 1 amide bonds. The first-order valence-electron chi connectivity index (χ1n) is 13.9. The molecule has 220 valence electrons. The lowest BCUT2D eigenvalue weighted by Gasteiger charge is -2.31. The maximum Gasteiger partial charge on any atom is 0.233 e. The Morgan fingerprint density at radius 2 is 1.80 bits per heavy atom. The Bertz CT molecular complexity index is 1170. The Kier molecular flexibility index (Phi) is 9.29. The van der Waals surface area contributed by atoms with Crippen LogP contribution < -0.4 is 9.62 Å². The van der Waals surface area contributed by atoms with Gasteiger partial charge in [-0.15, -0.1) is 11.8 Å². The van der Waals surface area contributed by atoms with Crippen LogP contribution in [0.2, 0.25) is 0 Å². The molecule has 2 aromatic carbocycles. The molecule has 0 aliphatic carbocycles. The number of phenols is 1. The van der Waals surface area contributed by atoms with Crippen LogP contribution in [0.3, 0.4) is 0 Å². The molecule has 0 radical (unpaired) electrons. The molecule has 2 aliphatic heterocycles. The summed E-state index contributed by atoms with van der Waals surface area (Å²) in [6.45, 7) is 15.0. The molecule has 0 saturated carbocycles. The number of thioether (sulfide) groups is 1. The number of carbonyl (C=O) groups excluding carboxylic acids is 1. The highest BCUT2D eigenvalue weighted by atomic mass is 32.2. The Hall–Kier alpha value is -2.46. The highest BCUT2D eigenvalue weighted by Gasteiger charge is 2.35. The minimum Gasteiger partial charge on any atom is -0.507 e. The van der Waals surface area contributed by atoms with Crippen molar-refractivity contribution in [2.45, 2.75) is 76.9 Å². The van der Waals surface area contributed by atoms with E-state index >= 15 is 0 Å². The number of aliphatic hydroxyl groups excluding tert-OH is 1. The van der Waals surface area contributed by atoms with Crippen LogP contribution in [-0.4, -0.2) is 71.1 Å². The lowest BCUT2D eigenvalue weighted by atomic mass is 9.78. The predicted octanol–water partition coefficient (Wildman–Crippen LogP) is 5.15. The molecule has 1 saturated heterocycles. The van der Waals surface area contributed by atoms with E-state index in [1.54, 1.807) is 17.8 Å². The van der Waals surface area contributed by atoms with Gasteiger partial charge in [-0.2, -0.15) is 4.89 Å². The average molecular weight is 573 g/mol. The van der Waals surface area contributed by atoms with Gasteiger partial charge in [0.1, 0.15) is 36.2 Å². The lowest BCUT2D eigenvalue weighted by molar-refractivity contribution is -0.194. The standard InChI is InChI=1S/C31H44N2O6S/c1-30(2,3)24-13-21(14-25(28(24)36)31(4,5)6)29-33(27(35)19-40-29)12-8-11-32(7)16-22(34)18-37-23-10-9-20-17-38-39-26(20)15-23/h9-10,13-15,22,29,34,36H,8,11-12,16-19H2,1-7H3. The number of benzene rings is 2. The second kappa shape index (κ2) is 12.2. The molecule has 8 nitrogen and oxygen atoms in total. The van der Waals surface area contributed by atoms with Gasteiger partial charge in [0.15, 0.2) is 5.75 Å². The molecule has 2 aromatic rings. The van der Waals surface area contributed by atoms with Gasteiger partial charge in [0.25, 0.3) is 0 Å². The second-order valence-electron chi connectivity index (χ2n) is 12.9. The van der Waals surface area contributed by atoms with Crippen molar-refractivity contribution in [3.8, 4) is 17.2 Å². The Morgan fingerprint density at radius 1 is 1.12 bits per heavy atom. The van der Waals surface area contributed by atoms with E-state index in [2.05, 4.69) is 58.6 Å². The smallest absolute Gasteiger partial charge is 0.233 e. The number of nitrogens with zero attached hydrogens (tertiary/aromatic N) is 2. The second-order valence-corrected chi connectivity index (χ2v) is 14.0. The summed E-state index contributed by atoms with van der Waals surface area (Å²) in [7, 11) is 1.97. The van der Waals surface area contributed by atoms with Crippen molar-refractivity contribution in [1.29, 1.82) is 0 Å². The topological polar surface area (TPSA) is 91.7 Å². The minimum absolute atomic E-state index is 0.0821. The van der Waals surface area contributed by atoms with Crippen LogP contribution in [0.1, 0.15) is 75.6 Å². The van der Waals surface area contributed by atoms with Crippen molar-refractivity contribution in [3.63, 3.8) is 0 Å². The zero-order chi connectivity index (χ0) is 29.2. The first-order chi connectivity index (χ1) is 18.7. The first kappa shape index (κ1) is 30.5. The van der Waals surface area contributed by atoms with Gasteiger partial charge in [-0.05, 0) is 71.8 Å². The van der Waals surface area contributed by atoms with Crippen LogP contribution in [0, 0.1) is 0 Å². The van der Waals surface area contributed by atoms with Crippen molar-refractivity contribution in [3.05, 3.63) is 52.6 Å². The molecular weight excluding hydrogens is 528 g/mol. The van der Waals surface area contributed by atoms with Crippen LogP contribution in [0.15, 0.2) is 30.3 Å². The number of fused-ring (bicyclic) bond motifs is 1.